The van der Waals surface area contributed by atoms with E-state index in [1.807, 2.05) is 0 Å². The highest BCUT2D eigenvalue weighted by molar-refractivity contribution is 7.92. The van der Waals surface area contributed by atoms with Crippen LogP contribution in [0.5, 0.6) is 0 Å². The quantitative estimate of drug-likeness (QED) is 0.658. The first-order valence-electron chi connectivity index (χ1n) is 8.12. The summed E-state index contributed by atoms with van der Waals surface area (Å²) in [7, 11) is -3.38. The van der Waals surface area contributed by atoms with Gasteiger partial charge in [-0.25, -0.2) is 8.42 Å². The Morgan fingerprint density at radius 1 is 1.32 bits per heavy atom. The standard InChI is InChI=1S/C16H25N3O4S.ClH/c1-3-9-24(21,22)19-14-6-4-5-13(11(14)2)18-16(20)15-8-7-12(10-17)23-15;/h4-6,12,15,19H,3,7-10,17H2,1-2H3,(H,18,20);1H/t12-,15+;/m1./s1. The minimum Gasteiger partial charge on any atom is -0.364 e. The topological polar surface area (TPSA) is 111 Å². The van der Waals surface area contributed by atoms with Crippen molar-refractivity contribution in [3.8, 4) is 0 Å². The van der Waals surface area contributed by atoms with E-state index < -0.39 is 16.1 Å². The first-order chi connectivity index (χ1) is 11.4. The Morgan fingerprint density at radius 3 is 2.60 bits per heavy atom. The van der Waals surface area contributed by atoms with Crippen LogP contribution in [0.2, 0.25) is 0 Å². The van der Waals surface area contributed by atoms with Crippen molar-refractivity contribution in [3.63, 3.8) is 0 Å². The minimum absolute atomic E-state index is 0. The van der Waals surface area contributed by atoms with Crippen molar-refractivity contribution in [1.82, 2.24) is 0 Å². The van der Waals surface area contributed by atoms with Gasteiger partial charge in [-0.1, -0.05) is 13.0 Å². The SMILES string of the molecule is CCCS(=O)(=O)Nc1cccc(NC(=O)[C@@H]2CC[C@H](CN)O2)c1C.Cl. The van der Waals surface area contributed by atoms with E-state index in [0.29, 0.717) is 36.3 Å². The summed E-state index contributed by atoms with van der Waals surface area (Å²) in [5, 5.41) is 2.82. The molecule has 1 heterocycles. The monoisotopic (exact) mass is 391 g/mol. The van der Waals surface area contributed by atoms with Gasteiger partial charge in [-0.15, -0.1) is 12.4 Å². The van der Waals surface area contributed by atoms with Crippen molar-refractivity contribution in [2.45, 2.75) is 45.3 Å². The molecule has 2 atom stereocenters. The first-order valence-corrected chi connectivity index (χ1v) is 9.78. The maximum atomic E-state index is 12.3. The van der Waals surface area contributed by atoms with E-state index in [9.17, 15) is 13.2 Å². The number of rotatable bonds is 7. The van der Waals surface area contributed by atoms with E-state index in [2.05, 4.69) is 10.0 Å². The van der Waals surface area contributed by atoms with E-state index >= 15 is 0 Å². The van der Waals surface area contributed by atoms with Crippen molar-refractivity contribution in [1.29, 1.82) is 0 Å². The third kappa shape index (κ3) is 5.85. The second-order valence-corrected chi connectivity index (χ2v) is 7.79. The number of nitrogens with two attached hydrogens (primary N) is 1. The van der Waals surface area contributed by atoms with Crippen LogP contribution in [0.4, 0.5) is 11.4 Å². The molecule has 1 amide bonds. The Hall–Kier alpha value is -1.35. The molecule has 2 rings (SSSR count). The van der Waals surface area contributed by atoms with Gasteiger partial charge in [-0.3, -0.25) is 9.52 Å². The summed E-state index contributed by atoms with van der Waals surface area (Å²) in [6, 6.07) is 5.11. The minimum atomic E-state index is -3.38. The summed E-state index contributed by atoms with van der Waals surface area (Å²) in [5.74, 6) is -0.179. The number of carbonyl (C=O) groups excluding carboxylic acids is 1. The van der Waals surface area contributed by atoms with Crippen LogP contribution in [0.15, 0.2) is 18.2 Å². The Balaban J connectivity index is 0.00000312. The molecule has 4 N–H and O–H groups in total. The molecule has 1 aliphatic rings. The summed E-state index contributed by atoms with van der Waals surface area (Å²) in [4.78, 5) is 12.3. The lowest BCUT2D eigenvalue weighted by molar-refractivity contribution is -0.126. The number of carbonyl (C=O) groups is 1. The predicted molar refractivity (Wildman–Crippen MR) is 102 cm³/mol. The van der Waals surface area contributed by atoms with Gasteiger partial charge in [0.15, 0.2) is 0 Å². The van der Waals surface area contributed by atoms with Gasteiger partial charge in [0.25, 0.3) is 5.91 Å². The number of anilines is 2. The van der Waals surface area contributed by atoms with Crippen molar-refractivity contribution >= 4 is 39.7 Å². The molecule has 0 spiro atoms. The van der Waals surface area contributed by atoms with Crippen LogP contribution in [-0.4, -0.2) is 38.8 Å². The maximum absolute atomic E-state index is 12.3. The van der Waals surface area contributed by atoms with Crippen LogP contribution < -0.4 is 15.8 Å². The van der Waals surface area contributed by atoms with Crippen molar-refractivity contribution in [3.05, 3.63) is 23.8 Å². The molecule has 0 aromatic heterocycles. The zero-order valence-electron chi connectivity index (χ0n) is 14.4. The lowest BCUT2D eigenvalue weighted by Crippen LogP contribution is -2.30. The molecule has 1 aliphatic heterocycles. The number of nitrogens with one attached hydrogen (secondary N) is 2. The lowest BCUT2D eigenvalue weighted by atomic mass is 10.1. The first kappa shape index (κ1) is 21.7. The van der Waals surface area contributed by atoms with Crippen LogP contribution >= 0.6 is 12.4 Å². The van der Waals surface area contributed by atoms with Gasteiger partial charge >= 0.3 is 0 Å². The van der Waals surface area contributed by atoms with Crippen LogP contribution in [0.3, 0.4) is 0 Å². The number of hydrogen-bond donors (Lipinski definition) is 3. The van der Waals surface area contributed by atoms with Crippen LogP contribution in [0, 0.1) is 6.92 Å². The molecule has 0 unspecified atom stereocenters. The van der Waals surface area contributed by atoms with Crippen molar-refractivity contribution < 1.29 is 17.9 Å². The molecule has 0 bridgehead atoms. The third-order valence-corrected chi connectivity index (χ3v) is 5.47. The molecule has 1 aromatic carbocycles. The summed E-state index contributed by atoms with van der Waals surface area (Å²) in [6.45, 7) is 3.97. The van der Waals surface area contributed by atoms with Crippen molar-refractivity contribution in [2.75, 3.05) is 22.3 Å². The number of amides is 1. The summed E-state index contributed by atoms with van der Waals surface area (Å²) < 4.78 is 32.0. The molecule has 1 fully saturated rings. The Morgan fingerprint density at radius 2 is 2.00 bits per heavy atom. The second-order valence-electron chi connectivity index (χ2n) is 5.95. The summed E-state index contributed by atoms with van der Waals surface area (Å²) in [6.07, 6.45) is 1.35. The molecular formula is C16H26ClN3O4S. The molecule has 1 aromatic rings. The average molecular weight is 392 g/mol. The lowest BCUT2D eigenvalue weighted by Gasteiger charge is -2.16. The zero-order valence-corrected chi connectivity index (χ0v) is 16.1. The van der Waals surface area contributed by atoms with Gasteiger partial charge in [-0.05, 0) is 43.9 Å². The molecule has 0 radical (unpaired) electrons. The Kier molecular flexibility index (Phi) is 8.14. The largest absolute Gasteiger partial charge is 0.364 e. The zero-order chi connectivity index (χ0) is 17.7. The molecule has 0 saturated carbocycles. The maximum Gasteiger partial charge on any atom is 0.253 e. The normalized spacial score (nSPS) is 20.0. The van der Waals surface area contributed by atoms with Gasteiger partial charge in [0.1, 0.15) is 6.10 Å². The summed E-state index contributed by atoms with van der Waals surface area (Å²) >= 11 is 0. The number of benzene rings is 1. The number of hydrogen-bond acceptors (Lipinski definition) is 5. The van der Waals surface area contributed by atoms with Gasteiger partial charge < -0.3 is 15.8 Å². The van der Waals surface area contributed by atoms with E-state index in [-0.39, 0.29) is 30.2 Å². The molecule has 142 valence electrons. The van der Waals surface area contributed by atoms with Gasteiger partial charge in [-0.2, -0.15) is 0 Å². The molecule has 1 saturated heterocycles. The van der Waals surface area contributed by atoms with Crippen LogP contribution in [0.25, 0.3) is 0 Å². The molecular weight excluding hydrogens is 366 g/mol. The number of ether oxygens (including phenoxy) is 1. The van der Waals surface area contributed by atoms with Crippen LogP contribution in [0.1, 0.15) is 31.7 Å². The van der Waals surface area contributed by atoms with E-state index in [4.69, 9.17) is 10.5 Å². The molecule has 7 nitrogen and oxygen atoms in total. The smallest absolute Gasteiger partial charge is 0.253 e. The highest BCUT2D eigenvalue weighted by Crippen LogP contribution is 2.26. The molecule has 0 aliphatic carbocycles. The van der Waals surface area contributed by atoms with Crippen LogP contribution in [-0.2, 0) is 19.6 Å². The fourth-order valence-electron chi connectivity index (χ4n) is 2.65. The molecule has 25 heavy (non-hydrogen) atoms. The fourth-order valence-corrected chi connectivity index (χ4v) is 3.85. The van der Waals surface area contributed by atoms with Gasteiger partial charge in [0.05, 0.1) is 17.5 Å². The predicted octanol–water partition coefficient (Wildman–Crippen LogP) is 2.01. The van der Waals surface area contributed by atoms with Crippen molar-refractivity contribution in [2.24, 2.45) is 5.73 Å². The highest BCUT2D eigenvalue weighted by Gasteiger charge is 2.30. The summed E-state index contributed by atoms with van der Waals surface area (Å²) in [5.41, 5.74) is 7.25. The molecule has 9 heteroatoms. The number of halogens is 1. The highest BCUT2D eigenvalue weighted by atomic mass is 35.5. The van der Waals surface area contributed by atoms with E-state index in [0.717, 1.165) is 6.42 Å². The van der Waals surface area contributed by atoms with E-state index in [1.165, 1.54) is 0 Å². The average Bonchev–Trinajstić information content (AvgIpc) is 3.00. The Bertz CT molecular complexity index is 697. The van der Waals surface area contributed by atoms with Gasteiger partial charge in [0, 0.05) is 12.2 Å². The van der Waals surface area contributed by atoms with E-state index in [1.54, 1.807) is 32.0 Å². The second kappa shape index (κ2) is 9.38. The third-order valence-electron chi connectivity index (χ3n) is 3.99. The fraction of sp³-hybridized carbons (Fsp3) is 0.562. The van der Waals surface area contributed by atoms with Gasteiger partial charge in [0.2, 0.25) is 10.0 Å². The number of sulfonamides is 1. The Labute approximate surface area is 155 Å².